The highest BCUT2D eigenvalue weighted by molar-refractivity contribution is 6.39. The van der Waals surface area contributed by atoms with Crippen LogP contribution in [0.2, 0.25) is 0 Å². The third-order valence-electron chi connectivity index (χ3n) is 5.14. The van der Waals surface area contributed by atoms with E-state index >= 15 is 0 Å². The number of rotatable bonds is 6. The Morgan fingerprint density at radius 1 is 0.941 bits per heavy atom. The number of ether oxygens (including phenoxy) is 1. The summed E-state index contributed by atoms with van der Waals surface area (Å²) in [6.07, 6.45) is 1.37. The van der Waals surface area contributed by atoms with Gasteiger partial charge in [-0.25, -0.2) is 9.69 Å². The first-order valence-corrected chi connectivity index (χ1v) is 10.3. The van der Waals surface area contributed by atoms with E-state index in [1.165, 1.54) is 30.3 Å². The van der Waals surface area contributed by atoms with E-state index in [9.17, 15) is 24.5 Å². The predicted molar refractivity (Wildman–Crippen MR) is 124 cm³/mol. The highest BCUT2D eigenvalue weighted by Gasteiger charge is 2.36. The van der Waals surface area contributed by atoms with Crippen molar-refractivity contribution >= 4 is 35.3 Å². The van der Waals surface area contributed by atoms with Crippen molar-refractivity contribution in [1.29, 1.82) is 0 Å². The second-order valence-corrected chi connectivity index (χ2v) is 7.57. The summed E-state index contributed by atoms with van der Waals surface area (Å²) in [5.74, 6) is -1.04. The summed E-state index contributed by atoms with van der Waals surface area (Å²) >= 11 is 0. The Kier molecular flexibility index (Phi) is 6.18. The summed E-state index contributed by atoms with van der Waals surface area (Å²) in [7, 11) is 0. The van der Waals surface area contributed by atoms with E-state index in [4.69, 9.17) is 4.74 Å². The maximum absolute atomic E-state index is 12.9. The number of hydrogen-bond acceptors (Lipinski definition) is 6. The van der Waals surface area contributed by atoms with Crippen LogP contribution in [0.1, 0.15) is 16.7 Å². The zero-order valence-electron chi connectivity index (χ0n) is 18.1. The zero-order valence-corrected chi connectivity index (χ0v) is 18.1. The molecule has 1 saturated heterocycles. The molecule has 0 unspecified atom stereocenters. The first-order chi connectivity index (χ1) is 16.3. The van der Waals surface area contributed by atoms with Gasteiger partial charge in [-0.2, -0.15) is 0 Å². The van der Waals surface area contributed by atoms with Gasteiger partial charge in [-0.05, 0) is 48.4 Å². The molecule has 34 heavy (non-hydrogen) atoms. The van der Waals surface area contributed by atoms with Gasteiger partial charge in [0.2, 0.25) is 0 Å². The molecule has 1 N–H and O–H groups in total. The third-order valence-corrected chi connectivity index (χ3v) is 5.14. The van der Waals surface area contributed by atoms with Gasteiger partial charge in [-0.1, -0.05) is 42.0 Å². The van der Waals surface area contributed by atoms with Gasteiger partial charge in [0.25, 0.3) is 17.5 Å². The molecule has 1 aliphatic heterocycles. The number of carbonyl (C=O) groups excluding carboxylic acids is 3. The fraction of sp³-hybridized carbons (Fsp3) is 0.0800. The minimum absolute atomic E-state index is 0.103. The number of nitrogens with zero attached hydrogens (tertiary/aromatic N) is 2. The summed E-state index contributed by atoms with van der Waals surface area (Å²) in [5, 5.41) is 13.0. The van der Waals surface area contributed by atoms with Gasteiger partial charge < -0.3 is 4.74 Å². The number of imide groups is 2. The highest BCUT2D eigenvalue weighted by Crippen LogP contribution is 2.25. The molecule has 3 aromatic rings. The molecule has 9 nitrogen and oxygen atoms in total. The second kappa shape index (κ2) is 9.37. The van der Waals surface area contributed by atoms with Gasteiger partial charge in [-0.15, -0.1) is 0 Å². The number of nitro benzene ring substituents is 1. The average Bonchev–Trinajstić information content (AvgIpc) is 2.82. The van der Waals surface area contributed by atoms with E-state index in [-0.39, 0.29) is 16.9 Å². The molecule has 1 fully saturated rings. The molecule has 0 aliphatic carbocycles. The number of nitro groups is 1. The monoisotopic (exact) mass is 457 g/mol. The Morgan fingerprint density at radius 2 is 1.59 bits per heavy atom. The Balaban J connectivity index is 1.51. The lowest BCUT2D eigenvalue weighted by Crippen LogP contribution is -2.54. The lowest BCUT2D eigenvalue weighted by atomic mass is 10.1. The minimum Gasteiger partial charge on any atom is -0.489 e. The zero-order chi connectivity index (χ0) is 24.2. The van der Waals surface area contributed by atoms with Crippen LogP contribution < -0.4 is 15.0 Å². The van der Waals surface area contributed by atoms with Gasteiger partial charge in [0.05, 0.1) is 10.6 Å². The Labute approximate surface area is 194 Å². The van der Waals surface area contributed by atoms with Gasteiger partial charge in [0, 0.05) is 12.1 Å². The number of anilines is 1. The molecular formula is C25H19N3O6. The molecule has 4 amide bonds. The fourth-order valence-corrected chi connectivity index (χ4v) is 3.29. The average molecular weight is 457 g/mol. The Hall–Kier alpha value is -4.79. The van der Waals surface area contributed by atoms with E-state index in [0.717, 1.165) is 16.0 Å². The van der Waals surface area contributed by atoms with Crippen molar-refractivity contribution in [2.45, 2.75) is 13.5 Å². The molecule has 0 atom stereocenters. The standard InChI is InChI=1S/C25H19N3O6/c1-16-2-4-18(5-3-16)15-34-21-12-6-17(7-13-21)14-22-23(29)26-25(31)27(24(22)30)19-8-10-20(11-9-19)28(32)33/h2-14H,15H2,1H3,(H,26,29,31)/b22-14+. The second-order valence-electron chi connectivity index (χ2n) is 7.57. The molecule has 0 bridgehead atoms. The highest BCUT2D eigenvalue weighted by atomic mass is 16.6. The van der Waals surface area contributed by atoms with Gasteiger partial charge in [0.15, 0.2) is 0 Å². The molecule has 1 aliphatic rings. The maximum Gasteiger partial charge on any atom is 0.335 e. The summed E-state index contributed by atoms with van der Waals surface area (Å²) in [5.41, 5.74) is 2.41. The number of nitrogens with one attached hydrogen (secondary N) is 1. The van der Waals surface area contributed by atoms with Gasteiger partial charge in [-0.3, -0.25) is 25.0 Å². The topological polar surface area (TPSA) is 119 Å². The van der Waals surface area contributed by atoms with E-state index in [0.29, 0.717) is 17.9 Å². The van der Waals surface area contributed by atoms with Gasteiger partial charge in [0.1, 0.15) is 17.9 Å². The first kappa shape index (κ1) is 22.4. The molecule has 0 radical (unpaired) electrons. The Morgan fingerprint density at radius 3 is 2.21 bits per heavy atom. The van der Waals surface area contributed by atoms with Crippen LogP contribution in [0.25, 0.3) is 6.08 Å². The fourth-order valence-electron chi connectivity index (χ4n) is 3.29. The van der Waals surface area contributed by atoms with Crippen LogP contribution in [0, 0.1) is 17.0 Å². The molecule has 1 heterocycles. The molecule has 170 valence electrons. The van der Waals surface area contributed by atoms with Crippen LogP contribution in [0.4, 0.5) is 16.2 Å². The number of benzene rings is 3. The van der Waals surface area contributed by atoms with Crippen molar-refractivity contribution in [3.8, 4) is 5.75 Å². The van der Waals surface area contributed by atoms with Gasteiger partial charge >= 0.3 is 6.03 Å². The number of aryl methyl sites for hydroxylation is 1. The van der Waals surface area contributed by atoms with Crippen molar-refractivity contribution in [3.05, 3.63) is 105 Å². The van der Waals surface area contributed by atoms with Crippen molar-refractivity contribution in [2.75, 3.05) is 4.90 Å². The smallest absolute Gasteiger partial charge is 0.335 e. The molecule has 9 heteroatoms. The quantitative estimate of drug-likeness (QED) is 0.257. The van der Waals surface area contributed by atoms with Crippen molar-refractivity contribution < 1.29 is 24.0 Å². The van der Waals surface area contributed by atoms with Crippen molar-refractivity contribution in [3.63, 3.8) is 0 Å². The normalized spacial score (nSPS) is 14.8. The number of non-ortho nitro benzene ring substituents is 1. The number of amides is 4. The van der Waals surface area contributed by atoms with E-state index in [1.54, 1.807) is 24.3 Å². The first-order valence-electron chi connectivity index (χ1n) is 10.3. The summed E-state index contributed by atoms with van der Waals surface area (Å²) in [6.45, 7) is 2.41. The molecule has 0 spiro atoms. The molecular weight excluding hydrogens is 438 g/mol. The molecule has 4 rings (SSSR count). The van der Waals surface area contributed by atoms with Crippen molar-refractivity contribution in [1.82, 2.24) is 5.32 Å². The summed E-state index contributed by atoms with van der Waals surface area (Å²) in [4.78, 5) is 48.6. The SMILES string of the molecule is Cc1ccc(COc2ccc(/C=C3\C(=O)NC(=O)N(c4ccc([N+](=O)[O-])cc4)C3=O)cc2)cc1. The lowest BCUT2D eigenvalue weighted by Gasteiger charge is -2.26. The summed E-state index contributed by atoms with van der Waals surface area (Å²) < 4.78 is 5.77. The van der Waals surface area contributed by atoms with E-state index < -0.39 is 22.8 Å². The van der Waals surface area contributed by atoms with Crippen molar-refractivity contribution in [2.24, 2.45) is 0 Å². The third kappa shape index (κ3) is 4.83. The lowest BCUT2D eigenvalue weighted by molar-refractivity contribution is -0.384. The molecule has 0 saturated carbocycles. The number of hydrogen-bond donors (Lipinski definition) is 1. The minimum atomic E-state index is -0.930. The summed E-state index contributed by atoms with van der Waals surface area (Å²) in [6, 6.07) is 18.7. The Bertz CT molecular complexity index is 1300. The molecule has 0 aromatic heterocycles. The number of urea groups is 1. The van der Waals surface area contributed by atoms with Crippen LogP contribution in [0.5, 0.6) is 5.75 Å². The van der Waals surface area contributed by atoms with Crippen LogP contribution in [-0.2, 0) is 16.2 Å². The number of barbiturate groups is 1. The maximum atomic E-state index is 12.9. The van der Waals surface area contributed by atoms with E-state index in [2.05, 4.69) is 5.32 Å². The molecule has 3 aromatic carbocycles. The van der Waals surface area contributed by atoms with Crippen LogP contribution in [-0.4, -0.2) is 22.8 Å². The van der Waals surface area contributed by atoms with E-state index in [1.807, 2.05) is 31.2 Å². The largest absolute Gasteiger partial charge is 0.489 e. The number of carbonyl (C=O) groups is 3. The van der Waals surface area contributed by atoms with Crippen LogP contribution >= 0.6 is 0 Å². The van der Waals surface area contributed by atoms with Crippen LogP contribution in [0.15, 0.2) is 78.4 Å². The van der Waals surface area contributed by atoms with Crippen LogP contribution in [0.3, 0.4) is 0 Å². The predicted octanol–water partition coefficient (Wildman–Crippen LogP) is 4.15.